The van der Waals surface area contributed by atoms with Gasteiger partial charge in [0.25, 0.3) is 0 Å². The van der Waals surface area contributed by atoms with Crippen molar-refractivity contribution >= 4 is 21.7 Å². The van der Waals surface area contributed by atoms with E-state index >= 15 is 0 Å². The van der Waals surface area contributed by atoms with Gasteiger partial charge in [0.05, 0.1) is 5.92 Å². The molecule has 1 aromatic rings. The first-order chi connectivity index (χ1) is 6.20. The van der Waals surface area contributed by atoms with E-state index in [1.807, 2.05) is 18.2 Å². The Morgan fingerprint density at radius 1 is 1.62 bits per heavy atom. The van der Waals surface area contributed by atoms with Gasteiger partial charge < -0.3 is 4.74 Å². The van der Waals surface area contributed by atoms with Crippen LogP contribution < -0.4 is 4.74 Å². The van der Waals surface area contributed by atoms with Crippen molar-refractivity contribution in [1.82, 2.24) is 0 Å². The largest absolute Gasteiger partial charge is 0.492 e. The van der Waals surface area contributed by atoms with E-state index in [-0.39, 0.29) is 11.7 Å². The van der Waals surface area contributed by atoms with Crippen molar-refractivity contribution in [3.63, 3.8) is 0 Å². The van der Waals surface area contributed by atoms with Crippen LogP contribution in [-0.2, 0) is 4.79 Å². The van der Waals surface area contributed by atoms with Crippen LogP contribution in [0.15, 0.2) is 22.7 Å². The molecule has 0 aromatic heterocycles. The summed E-state index contributed by atoms with van der Waals surface area (Å²) in [4.78, 5) is 11.3. The van der Waals surface area contributed by atoms with E-state index in [0.29, 0.717) is 6.61 Å². The minimum Gasteiger partial charge on any atom is -0.492 e. The van der Waals surface area contributed by atoms with Gasteiger partial charge in [-0.1, -0.05) is 22.0 Å². The molecule has 0 saturated carbocycles. The summed E-state index contributed by atoms with van der Waals surface area (Å²) in [6.45, 7) is 2.08. The molecule has 0 N–H and O–H groups in total. The first kappa shape index (κ1) is 8.75. The Bertz CT molecular complexity index is 360. The zero-order valence-electron chi connectivity index (χ0n) is 7.21. The predicted octanol–water partition coefficient (Wildman–Crippen LogP) is 2.51. The van der Waals surface area contributed by atoms with Crippen LogP contribution in [0.5, 0.6) is 5.75 Å². The average Bonchev–Trinajstić information content (AvgIpc) is 2.49. The van der Waals surface area contributed by atoms with E-state index in [0.717, 1.165) is 15.8 Å². The molecule has 1 aromatic carbocycles. The average molecular weight is 241 g/mol. The van der Waals surface area contributed by atoms with Crippen molar-refractivity contribution in [2.75, 3.05) is 6.61 Å². The number of benzene rings is 1. The number of ketones is 1. The highest BCUT2D eigenvalue weighted by molar-refractivity contribution is 9.10. The van der Waals surface area contributed by atoms with E-state index in [4.69, 9.17) is 4.74 Å². The lowest BCUT2D eigenvalue weighted by Gasteiger charge is -2.04. The monoisotopic (exact) mass is 240 g/mol. The molecule has 0 bridgehead atoms. The van der Waals surface area contributed by atoms with Crippen molar-refractivity contribution in [3.05, 3.63) is 28.2 Å². The Labute approximate surface area is 85.0 Å². The Morgan fingerprint density at radius 3 is 3.08 bits per heavy atom. The molecule has 1 heterocycles. The third kappa shape index (κ3) is 1.37. The maximum absolute atomic E-state index is 11.3. The predicted molar refractivity (Wildman–Crippen MR) is 53.1 cm³/mol. The first-order valence-electron chi connectivity index (χ1n) is 4.12. The van der Waals surface area contributed by atoms with Crippen LogP contribution in [0.1, 0.15) is 18.4 Å². The number of rotatable bonds is 1. The maximum atomic E-state index is 11.3. The standard InChI is InChI=1S/C10H9BrO2/c1-6(12)7-5-13-9-4-2-3-8(11)10(7)9/h2-4,7H,5H2,1H3. The van der Waals surface area contributed by atoms with E-state index in [1.54, 1.807) is 6.92 Å². The molecule has 0 radical (unpaired) electrons. The number of hydrogen-bond acceptors (Lipinski definition) is 2. The minimum atomic E-state index is -0.0921. The Hall–Kier alpha value is -0.830. The summed E-state index contributed by atoms with van der Waals surface area (Å²) < 4.78 is 6.36. The molecule has 68 valence electrons. The maximum Gasteiger partial charge on any atom is 0.140 e. The number of carbonyl (C=O) groups is 1. The number of Topliss-reactive ketones (excluding diaryl/α,β-unsaturated/α-hetero) is 1. The van der Waals surface area contributed by atoms with Crippen LogP contribution in [0.4, 0.5) is 0 Å². The van der Waals surface area contributed by atoms with Crippen molar-refractivity contribution < 1.29 is 9.53 Å². The van der Waals surface area contributed by atoms with Gasteiger partial charge in [-0.05, 0) is 19.1 Å². The molecule has 0 spiro atoms. The molecule has 1 aliphatic rings. The fraction of sp³-hybridized carbons (Fsp3) is 0.300. The van der Waals surface area contributed by atoms with Gasteiger partial charge in [-0.3, -0.25) is 4.79 Å². The zero-order valence-corrected chi connectivity index (χ0v) is 8.80. The molecule has 2 nitrogen and oxygen atoms in total. The second-order valence-electron chi connectivity index (χ2n) is 3.13. The van der Waals surface area contributed by atoms with Gasteiger partial charge in [0, 0.05) is 10.0 Å². The SMILES string of the molecule is CC(=O)C1COc2cccc(Br)c21. The number of hydrogen-bond donors (Lipinski definition) is 0. The van der Waals surface area contributed by atoms with Crippen molar-refractivity contribution in [2.24, 2.45) is 0 Å². The van der Waals surface area contributed by atoms with Crippen LogP contribution in [0.3, 0.4) is 0 Å². The molecular weight excluding hydrogens is 232 g/mol. The highest BCUT2D eigenvalue weighted by atomic mass is 79.9. The molecule has 1 unspecified atom stereocenters. The minimum absolute atomic E-state index is 0.0921. The normalized spacial score (nSPS) is 19.4. The van der Waals surface area contributed by atoms with Gasteiger partial charge >= 0.3 is 0 Å². The summed E-state index contributed by atoms with van der Waals surface area (Å²) in [5, 5.41) is 0. The van der Waals surface area contributed by atoms with Crippen LogP contribution in [0.25, 0.3) is 0 Å². The smallest absolute Gasteiger partial charge is 0.140 e. The fourth-order valence-corrected chi connectivity index (χ4v) is 2.18. The molecule has 1 aliphatic heterocycles. The third-order valence-electron chi connectivity index (χ3n) is 2.26. The Morgan fingerprint density at radius 2 is 2.38 bits per heavy atom. The van der Waals surface area contributed by atoms with Gasteiger partial charge in [0.2, 0.25) is 0 Å². The number of carbonyl (C=O) groups excluding carboxylic acids is 1. The van der Waals surface area contributed by atoms with E-state index < -0.39 is 0 Å². The van der Waals surface area contributed by atoms with Crippen LogP contribution in [0, 0.1) is 0 Å². The van der Waals surface area contributed by atoms with Crippen LogP contribution >= 0.6 is 15.9 Å². The molecule has 13 heavy (non-hydrogen) atoms. The first-order valence-corrected chi connectivity index (χ1v) is 4.91. The summed E-state index contributed by atoms with van der Waals surface area (Å²) in [6, 6.07) is 5.73. The number of fused-ring (bicyclic) bond motifs is 1. The fourth-order valence-electron chi connectivity index (χ4n) is 1.56. The molecule has 0 amide bonds. The van der Waals surface area contributed by atoms with E-state index in [9.17, 15) is 4.79 Å². The molecule has 3 heteroatoms. The molecule has 0 saturated heterocycles. The highest BCUT2D eigenvalue weighted by Gasteiger charge is 2.29. The van der Waals surface area contributed by atoms with Gasteiger partial charge in [0.15, 0.2) is 0 Å². The lowest BCUT2D eigenvalue weighted by Crippen LogP contribution is -2.10. The number of halogens is 1. The summed E-state index contributed by atoms with van der Waals surface area (Å²) in [6.07, 6.45) is 0. The second kappa shape index (κ2) is 3.14. The summed E-state index contributed by atoms with van der Waals surface area (Å²) >= 11 is 3.42. The van der Waals surface area contributed by atoms with E-state index in [1.165, 1.54) is 0 Å². The van der Waals surface area contributed by atoms with Crippen molar-refractivity contribution in [1.29, 1.82) is 0 Å². The zero-order chi connectivity index (χ0) is 9.42. The van der Waals surface area contributed by atoms with Crippen LogP contribution in [-0.4, -0.2) is 12.4 Å². The Balaban J connectivity index is 2.52. The topological polar surface area (TPSA) is 26.3 Å². The van der Waals surface area contributed by atoms with Gasteiger partial charge in [-0.25, -0.2) is 0 Å². The van der Waals surface area contributed by atoms with Gasteiger partial charge in [-0.2, -0.15) is 0 Å². The Kier molecular flexibility index (Phi) is 2.12. The summed E-state index contributed by atoms with van der Waals surface area (Å²) in [5.74, 6) is 0.894. The molecule has 0 fully saturated rings. The third-order valence-corrected chi connectivity index (χ3v) is 2.95. The summed E-state index contributed by atoms with van der Waals surface area (Å²) in [7, 11) is 0. The molecular formula is C10H9BrO2. The quantitative estimate of drug-likeness (QED) is 0.755. The van der Waals surface area contributed by atoms with Crippen molar-refractivity contribution in [3.8, 4) is 5.75 Å². The molecule has 1 atom stereocenters. The molecule has 0 aliphatic carbocycles. The highest BCUT2D eigenvalue weighted by Crippen LogP contribution is 2.39. The summed E-state index contributed by atoms with van der Waals surface area (Å²) in [5.41, 5.74) is 0.995. The number of ether oxygens (including phenoxy) is 1. The van der Waals surface area contributed by atoms with E-state index in [2.05, 4.69) is 15.9 Å². The van der Waals surface area contributed by atoms with Gasteiger partial charge in [-0.15, -0.1) is 0 Å². The van der Waals surface area contributed by atoms with Crippen LogP contribution in [0.2, 0.25) is 0 Å². The van der Waals surface area contributed by atoms with Crippen molar-refractivity contribution in [2.45, 2.75) is 12.8 Å². The van der Waals surface area contributed by atoms with Gasteiger partial charge in [0.1, 0.15) is 18.1 Å². The molecule has 2 rings (SSSR count). The lowest BCUT2D eigenvalue weighted by atomic mass is 9.98. The second-order valence-corrected chi connectivity index (χ2v) is 3.98. The lowest BCUT2D eigenvalue weighted by molar-refractivity contribution is -0.118.